The lowest BCUT2D eigenvalue weighted by Crippen LogP contribution is -2.47. The Morgan fingerprint density at radius 1 is 0.556 bits per heavy atom. The summed E-state index contributed by atoms with van der Waals surface area (Å²) in [6.45, 7) is 0. The minimum absolute atomic E-state index is 0.184. The second-order valence-corrected chi connectivity index (χ2v) is 7.91. The summed E-state index contributed by atoms with van der Waals surface area (Å²) in [6, 6.07) is 0. The molecule has 0 saturated heterocycles. The zero-order chi connectivity index (χ0) is 11.5. The Kier molecular flexibility index (Phi) is 0.908. The maximum atomic E-state index is 12.7. The quantitative estimate of drug-likeness (QED) is 0.594. The van der Waals surface area contributed by atoms with E-state index in [0.717, 1.165) is 5.92 Å². The van der Waals surface area contributed by atoms with Crippen LogP contribution in [-0.2, 0) is 9.59 Å². The first kappa shape index (κ1) is 8.29. The predicted molar refractivity (Wildman–Crippen MR) is 61.0 cm³/mol. The zero-order valence-corrected chi connectivity index (χ0v) is 9.90. The van der Waals surface area contributed by atoms with E-state index in [1.54, 1.807) is 0 Å². The van der Waals surface area contributed by atoms with Gasteiger partial charge in [-0.2, -0.15) is 0 Å². The fourth-order valence-electron chi connectivity index (χ4n) is 8.50. The van der Waals surface area contributed by atoms with Gasteiger partial charge in [-0.25, -0.2) is 0 Å². The molecular formula is C16H14O2. The highest BCUT2D eigenvalue weighted by Crippen LogP contribution is 2.85. The lowest BCUT2D eigenvalue weighted by atomic mass is 9.59. The molecule has 2 unspecified atom stereocenters. The van der Waals surface area contributed by atoms with Gasteiger partial charge < -0.3 is 0 Å². The van der Waals surface area contributed by atoms with Crippen LogP contribution < -0.4 is 0 Å². The summed E-state index contributed by atoms with van der Waals surface area (Å²) in [5.74, 6) is 7.25. The number of hydrogen-bond donors (Lipinski definition) is 0. The third-order valence-electron chi connectivity index (χ3n) is 8.30. The predicted octanol–water partition coefficient (Wildman–Crippen LogP) is 1.17. The highest BCUT2D eigenvalue weighted by Gasteiger charge is 2.86. The van der Waals surface area contributed by atoms with Crippen molar-refractivity contribution in [3.05, 3.63) is 12.2 Å². The van der Waals surface area contributed by atoms with Crippen LogP contribution in [-0.4, -0.2) is 11.6 Å². The Morgan fingerprint density at radius 2 is 1.00 bits per heavy atom. The van der Waals surface area contributed by atoms with Crippen molar-refractivity contribution in [1.82, 2.24) is 0 Å². The topological polar surface area (TPSA) is 34.1 Å². The van der Waals surface area contributed by atoms with Gasteiger partial charge in [0.25, 0.3) is 0 Å². The third-order valence-corrected chi connectivity index (χ3v) is 8.30. The Morgan fingerprint density at radius 3 is 1.50 bits per heavy atom. The molecule has 2 heteroatoms. The molecule has 0 amide bonds. The van der Waals surface area contributed by atoms with Crippen LogP contribution in [0.3, 0.4) is 0 Å². The van der Waals surface area contributed by atoms with E-state index in [0.29, 0.717) is 64.8 Å². The standard InChI is InChI=1S/C16H14O2/c17-15-6-3-1-2-4-5(3)8-9(6)11-12-10(8)7(4)16(18)14(12)13(11)15/h1-14H/t3-,4-,5?,6-,7-,8?,9-,10+,11-,12+,13+,14-/m1/s1. The van der Waals surface area contributed by atoms with Gasteiger partial charge in [0.05, 0.1) is 0 Å². The van der Waals surface area contributed by atoms with Crippen molar-refractivity contribution in [1.29, 1.82) is 0 Å². The Hall–Kier alpha value is -0.920. The fourth-order valence-corrected chi connectivity index (χ4v) is 8.50. The molecule has 0 aromatic rings. The van der Waals surface area contributed by atoms with Crippen LogP contribution in [0.25, 0.3) is 0 Å². The molecule has 6 fully saturated rings. The van der Waals surface area contributed by atoms with Crippen molar-refractivity contribution in [2.24, 2.45) is 71.0 Å². The van der Waals surface area contributed by atoms with Gasteiger partial charge in [0.2, 0.25) is 0 Å². The second kappa shape index (κ2) is 1.97. The Labute approximate surface area is 105 Å². The molecule has 0 aromatic carbocycles. The van der Waals surface area contributed by atoms with E-state index in [9.17, 15) is 9.59 Å². The number of carbonyl (C=O) groups excluding carboxylic acids is 2. The van der Waals surface area contributed by atoms with Crippen LogP contribution >= 0.6 is 0 Å². The summed E-state index contributed by atoms with van der Waals surface area (Å²) in [6.07, 6.45) is 4.65. The molecule has 7 aliphatic rings. The minimum atomic E-state index is 0.184. The molecule has 0 radical (unpaired) electrons. The highest BCUT2D eigenvalue weighted by molar-refractivity contribution is 6.00. The van der Waals surface area contributed by atoms with E-state index in [4.69, 9.17) is 0 Å². The molecule has 0 aromatic heterocycles. The molecule has 2 nitrogen and oxygen atoms in total. The number of hydrogen-bond acceptors (Lipinski definition) is 2. The maximum Gasteiger partial charge on any atom is 0.140 e. The van der Waals surface area contributed by atoms with Gasteiger partial charge >= 0.3 is 0 Å². The number of fused-ring (bicyclic) bond motifs is 3. The van der Waals surface area contributed by atoms with Crippen molar-refractivity contribution >= 4 is 11.6 Å². The number of Topliss-reactive ketones (excluding diaryl/α,β-unsaturated/α-hetero) is 2. The maximum absolute atomic E-state index is 12.7. The van der Waals surface area contributed by atoms with Gasteiger partial charge in [0.1, 0.15) is 11.6 Å². The van der Waals surface area contributed by atoms with Crippen LogP contribution in [0.5, 0.6) is 0 Å². The van der Waals surface area contributed by atoms with Crippen molar-refractivity contribution in [2.75, 3.05) is 0 Å². The lowest BCUT2D eigenvalue weighted by Gasteiger charge is -2.42. The summed E-state index contributed by atoms with van der Waals surface area (Å²) < 4.78 is 0. The average molecular weight is 238 g/mol. The molecule has 0 N–H and O–H groups in total. The van der Waals surface area contributed by atoms with Gasteiger partial charge in [-0.1, -0.05) is 12.2 Å². The smallest absolute Gasteiger partial charge is 0.140 e. The second-order valence-electron chi connectivity index (χ2n) is 7.91. The largest absolute Gasteiger partial charge is 0.299 e. The molecule has 7 rings (SSSR count). The number of allylic oxidation sites excluding steroid dienone is 2. The van der Waals surface area contributed by atoms with Crippen molar-refractivity contribution in [3.8, 4) is 0 Å². The minimum Gasteiger partial charge on any atom is -0.299 e. The van der Waals surface area contributed by atoms with Gasteiger partial charge in [0.15, 0.2) is 0 Å². The molecule has 0 heterocycles. The van der Waals surface area contributed by atoms with E-state index in [1.807, 2.05) is 0 Å². The van der Waals surface area contributed by atoms with E-state index in [1.165, 1.54) is 0 Å². The molecule has 90 valence electrons. The molecule has 0 aliphatic heterocycles. The van der Waals surface area contributed by atoms with Crippen LogP contribution in [0.15, 0.2) is 12.2 Å². The fraction of sp³-hybridized carbons (Fsp3) is 0.750. The van der Waals surface area contributed by atoms with Crippen molar-refractivity contribution in [3.63, 3.8) is 0 Å². The van der Waals surface area contributed by atoms with Crippen molar-refractivity contribution in [2.45, 2.75) is 0 Å². The first-order valence-corrected chi connectivity index (χ1v) is 7.56. The summed E-state index contributed by atoms with van der Waals surface area (Å²) in [4.78, 5) is 25.4. The third kappa shape index (κ3) is 0.466. The number of rotatable bonds is 0. The van der Waals surface area contributed by atoms with Crippen LogP contribution in [0.2, 0.25) is 0 Å². The monoisotopic (exact) mass is 238 g/mol. The molecule has 0 bridgehead atoms. The van der Waals surface area contributed by atoms with Gasteiger partial charge in [0, 0.05) is 23.7 Å². The summed E-state index contributed by atoms with van der Waals surface area (Å²) in [5, 5.41) is 0. The van der Waals surface area contributed by atoms with Gasteiger partial charge in [-0.15, -0.1) is 0 Å². The molecule has 6 saturated carbocycles. The van der Waals surface area contributed by atoms with Crippen molar-refractivity contribution < 1.29 is 9.59 Å². The number of carbonyl (C=O) groups is 2. The Balaban J connectivity index is 1.65. The SMILES string of the molecule is O=C1[C@H]2[C@H]3C(=O)[C@H]4[C@@H]5C6C7[C@@H](C=C[C@H]74)[C@@H]1[C@@H]6[C@H]2[C@H]35. The van der Waals surface area contributed by atoms with Crippen LogP contribution in [0.4, 0.5) is 0 Å². The first-order valence-electron chi connectivity index (χ1n) is 7.56. The van der Waals surface area contributed by atoms with Crippen LogP contribution in [0, 0.1) is 71.0 Å². The lowest BCUT2D eigenvalue weighted by molar-refractivity contribution is -0.141. The van der Waals surface area contributed by atoms with Crippen LogP contribution in [0.1, 0.15) is 0 Å². The summed E-state index contributed by atoms with van der Waals surface area (Å²) >= 11 is 0. The van der Waals surface area contributed by atoms with Gasteiger partial charge in [-0.3, -0.25) is 9.59 Å². The number of ketones is 2. The summed E-state index contributed by atoms with van der Waals surface area (Å²) in [5.41, 5.74) is 0. The highest BCUT2D eigenvalue weighted by atomic mass is 16.1. The molecular weight excluding hydrogens is 224 g/mol. The molecule has 12 atom stereocenters. The normalized spacial score (nSPS) is 78.0. The summed E-state index contributed by atoms with van der Waals surface area (Å²) in [7, 11) is 0. The first-order chi connectivity index (χ1) is 8.80. The Bertz CT molecular complexity index is 554. The average Bonchev–Trinajstić information content (AvgIpc) is 2.98. The van der Waals surface area contributed by atoms with E-state index in [-0.39, 0.29) is 11.8 Å². The molecule has 18 heavy (non-hydrogen) atoms. The zero-order valence-electron chi connectivity index (χ0n) is 9.90. The van der Waals surface area contributed by atoms with E-state index >= 15 is 0 Å². The molecule has 0 spiro atoms. The van der Waals surface area contributed by atoms with Gasteiger partial charge in [-0.05, 0) is 47.3 Å². The van der Waals surface area contributed by atoms with E-state index < -0.39 is 0 Å². The molecule has 7 aliphatic carbocycles. The van der Waals surface area contributed by atoms with E-state index in [2.05, 4.69) is 12.2 Å².